The Morgan fingerprint density at radius 1 is 1.35 bits per heavy atom. The second-order valence-electron chi connectivity index (χ2n) is 5.01. The van der Waals surface area contributed by atoms with Gasteiger partial charge in [0.05, 0.1) is 5.92 Å². The number of carbonyl (C=O) groups excluding carboxylic acids is 1. The maximum absolute atomic E-state index is 12.2. The quantitative estimate of drug-likeness (QED) is 0.884. The molecule has 1 aromatic rings. The Bertz CT molecular complexity index is 472. The molecule has 0 saturated carbocycles. The van der Waals surface area contributed by atoms with Crippen LogP contribution >= 0.6 is 0 Å². The number of amides is 1. The van der Waals surface area contributed by atoms with Crippen molar-refractivity contribution in [1.82, 2.24) is 4.90 Å². The van der Waals surface area contributed by atoms with Gasteiger partial charge in [0.25, 0.3) is 0 Å². The van der Waals surface area contributed by atoms with Crippen molar-refractivity contribution in [3.63, 3.8) is 0 Å². The van der Waals surface area contributed by atoms with E-state index in [9.17, 15) is 4.79 Å². The molecule has 2 rings (SSSR count). The van der Waals surface area contributed by atoms with E-state index in [0.717, 1.165) is 23.5 Å². The number of hydrogen-bond donors (Lipinski definition) is 1. The fraction of sp³-hybridized carbons (Fsp3) is 0.533. The summed E-state index contributed by atoms with van der Waals surface area (Å²) in [6, 6.07) is 5.78. The van der Waals surface area contributed by atoms with Crippen LogP contribution < -0.4 is 15.2 Å². The Balaban J connectivity index is 2.04. The topological polar surface area (TPSA) is 64.8 Å². The fourth-order valence-corrected chi connectivity index (χ4v) is 2.29. The first-order valence-electron chi connectivity index (χ1n) is 6.99. The molecule has 1 aromatic carbocycles. The van der Waals surface area contributed by atoms with Gasteiger partial charge in [-0.25, -0.2) is 0 Å². The molecule has 0 fully saturated rings. The van der Waals surface area contributed by atoms with E-state index in [4.69, 9.17) is 15.2 Å². The summed E-state index contributed by atoms with van der Waals surface area (Å²) in [6.45, 7) is 4.07. The summed E-state index contributed by atoms with van der Waals surface area (Å²) in [6.07, 6.45) is 0.765. The number of hydrogen-bond acceptors (Lipinski definition) is 4. The van der Waals surface area contributed by atoms with Crippen molar-refractivity contribution in [2.45, 2.75) is 19.9 Å². The molecule has 5 nitrogen and oxygen atoms in total. The molecule has 1 heterocycles. The van der Waals surface area contributed by atoms with Gasteiger partial charge in [-0.3, -0.25) is 4.79 Å². The Hall–Kier alpha value is -1.75. The van der Waals surface area contributed by atoms with Gasteiger partial charge in [-0.1, -0.05) is 13.0 Å². The zero-order chi connectivity index (χ0) is 14.5. The monoisotopic (exact) mass is 278 g/mol. The highest BCUT2D eigenvalue weighted by Crippen LogP contribution is 2.31. The van der Waals surface area contributed by atoms with Crippen LogP contribution in [0.1, 0.15) is 18.9 Å². The lowest BCUT2D eigenvalue weighted by Gasteiger charge is -2.23. The van der Waals surface area contributed by atoms with Gasteiger partial charge < -0.3 is 20.1 Å². The van der Waals surface area contributed by atoms with E-state index in [1.165, 1.54) is 0 Å². The predicted octanol–water partition coefficient (Wildman–Crippen LogP) is 1.40. The van der Waals surface area contributed by atoms with Crippen molar-refractivity contribution in [3.8, 4) is 11.5 Å². The molecule has 110 valence electrons. The molecular formula is C15H22N2O3. The molecule has 0 aromatic heterocycles. The first-order valence-corrected chi connectivity index (χ1v) is 6.99. The largest absolute Gasteiger partial charge is 0.486 e. The molecule has 2 N–H and O–H groups in total. The van der Waals surface area contributed by atoms with Crippen molar-refractivity contribution in [2.24, 2.45) is 11.7 Å². The molecule has 0 radical (unpaired) electrons. The second-order valence-corrected chi connectivity index (χ2v) is 5.01. The highest BCUT2D eigenvalue weighted by Gasteiger charge is 2.19. The number of carbonyl (C=O) groups is 1. The average molecular weight is 278 g/mol. The lowest BCUT2D eigenvalue weighted by molar-refractivity contribution is -0.134. The first kappa shape index (κ1) is 14.7. The Kier molecular flexibility index (Phi) is 4.84. The summed E-state index contributed by atoms with van der Waals surface area (Å²) in [5.41, 5.74) is 6.65. The highest BCUT2D eigenvalue weighted by molar-refractivity contribution is 5.78. The number of nitrogens with two attached hydrogens (primary N) is 1. The minimum atomic E-state index is -0.0998. The first-order chi connectivity index (χ1) is 9.65. The van der Waals surface area contributed by atoms with E-state index in [1.54, 1.807) is 11.9 Å². The predicted molar refractivity (Wildman–Crippen MR) is 76.7 cm³/mol. The summed E-state index contributed by atoms with van der Waals surface area (Å²) in [5, 5.41) is 0. The van der Waals surface area contributed by atoms with Crippen LogP contribution in [-0.4, -0.2) is 37.6 Å². The van der Waals surface area contributed by atoms with Gasteiger partial charge in [0.15, 0.2) is 11.5 Å². The zero-order valence-corrected chi connectivity index (χ0v) is 12.1. The normalized spacial score (nSPS) is 14.8. The molecular weight excluding hydrogens is 256 g/mol. The van der Waals surface area contributed by atoms with Crippen LogP contribution in [0.5, 0.6) is 11.5 Å². The van der Waals surface area contributed by atoms with E-state index >= 15 is 0 Å². The number of rotatable bonds is 5. The molecule has 0 spiro atoms. The third-order valence-corrected chi connectivity index (χ3v) is 3.53. The van der Waals surface area contributed by atoms with Crippen LogP contribution in [-0.2, 0) is 11.3 Å². The van der Waals surface area contributed by atoms with Crippen molar-refractivity contribution < 1.29 is 14.3 Å². The maximum atomic E-state index is 12.2. The van der Waals surface area contributed by atoms with Crippen LogP contribution in [0.15, 0.2) is 18.2 Å². The van der Waals surface area contributed by atoms with Crippen LogP contribution in [0.2, 0.25) is 0 Å². The van der Waals surface area contributed by atoms with Gasteiger partial charge in [0.2, 0.25) is 5.91 Å². The van der Waals surface area contributed by atoms with Crippen LogP contribution in [0, 0.1) is 5.92 Å². The third-order valence-electron chi connectivity index (χ3n) is 3.53. The van der Waals surface area contributed by atoms with Gasteiger partial charge >= 0.3 is 0 Å². The van der Waals surface area contributed by atoms with E-state index in [1.807, 2.05) is 25.1 Å². The number of nitrogens with zero attached hydrogens (tertiary/aromatic N) is 1. The van der Waals surface area contributed by atoms with E-state index < -0.39 is 0 Å². The molecule has 0 aliphatic carbocycles. The van der Waals surface area contributed by atoms with Crippen molar-refractivity contribution in [3.05, 3.63) is 23.8 Å². The van der Waals surface area contributed by atoms with Crippen LogP contribution in [0.4, 0.5) is 0 Å². The summed E-state index contributed by atoms with van der Waals surface area (Å²) in [5.74, 6) is 1.50. The van der Waals surface area contributed by atoms with Crippen molar-refractivity contribution in [2.75, 3.05) is 26.8 Å². The molecule has 20 heavy (non-hydrogen) atoms. The molecule has 0 saturated heterocycles. The smallest absolute Gasteiger partial charge is 0.226 e. The Morgan fingerprint density at radius 2 is 2.05 bits per heavy atom. The number of benzene rings is 1. The van der Waals surface area contributed by atoms with Gasteiger partial charge in [0, 0.05) is 20.1 Å². The van der Waals surface area contributed by atoms with Crippen LogP contribution in [0.25, 0.3) is 0 Å². The molecule has 1 aliphatic heterocycles. The number of fused-ring (bicyclic) bond motifs is 1. The summed E-state index contributed by atoms with van der Waals surface area (Å²) in [4.78, 5) is 13.9. The standard InChI is InChI=1S/C15H22N2O3/c1-3-12(9-16)15(18)17(2)10-11-4-5-13-14(8-11)20-7-6-19-13/h4-5,8,12H,3,6-7,9-10,16H2,1-2H3. The van der Waals surface area contributed by atoms with E-state index in [0.29, 0.717) is 26.3 Å². The molecule has 1 amide bonds. The summed E-state index contributed by atoms with van der Waals surface area (Å²) < 4.78 is 11.0. The Labute approximate surface area is 119 Å². The lowest BCUT2D eigenvalue weighted by atomic mass is 10.1. The van der Waals surface area contributed by atoms with E-state index in [-0.39, 0.29) is 11.8 Å². The highest BCUT2D eigenvalue weighted by atomic mass is 16.6. The van der Waals surface area contributed by atoms with E-state index in [2.05, 4.69) is 0 Å². The molecule has 1 aliphatic rings. The summed E-state index contributed by atoms with van der Waals surface area (Å²) in [7, 11) is 1.80. The maximum Gasteiger partial charge on any atom is 0.226 e. The third kappa shape index (κ3) is 3.22. The average Bonchev–Trinajstić information content (AvgIpc) is 2.48. The molecule has 5 heteroatoms. The van der Waals surface area contributed by atoms with Crippen LogP contribution in [0.3, 0.4) is 0 Å². The van der Waals surface area contributed by atoms with Gasteiger partial charge in [-0.2, -0.15) is 0 Å². The second kappa shape index (κ2) is 6.61. The van der Waals surface area contributed by atoms with Gasteiger partial charge in [0.1, 0.15) is 13.2 Å². The molecule has 1 atom stereocenters. The molecule has 1 unspecified atom stereocenters. The molecule has 0 bridgehead atoms. The van der Waals surface area contributed by atoms with Crippen molar-refractivity contribution in [1.29, 1.82) is 0 Å². The minimum absolute atomic E-state index is 0.0879. The SMILES string of the molecule is CCC(CN)C(=O)N(C)Cc1ccc2c(c1)OCCO2. The number of ether oxygens (including phenoxy) is 2. The fourth-order valence-electron chi connectivity index (χ4n) is 2.29. The van der Waals surface area contributed by atoms with Crippen molar-refractivity contribution >= 4 is 5.91 Å². The lowest BCUT2D eigenvalue weighted by Crippen LogP contribution is -2.35. The van der Waals surface area contributed by atoms with Gasteiger partial charge in [-0.05, 0) is 24.1 Å². The Morgan fingerprint density at radius 3 is 2.70 bits per heavy atom. The minimum Gasteiger partial charge on any atom is -0.486 e. The summed E-state index contributed by atoms with van der Waals surface area (Å²) >= 11 is 0. The van der Waals surface area contributed by atoms with Gasteiger partial charge in [-0.15, -0.1) is 0 Å². The zero-order valence-electron chi connectivity index (χ0n) is 12.1.